The maximum absolute atomic E-state index is 6.38. The molecule has 0 aliphatic heterocycles. The molecular formula is C14H17N3. The van der Waals surface area contributed by atoms with Crippen molar-refractivity contribution in [1.82, 2.24) is 9.78 Å². The van der Waals surface area contributed by atoms with Crippen LogP contribution < -0.4 is 5.73 Å². The van der Waals surface area contributed by atoms with Gasteiger partial charge >= 0.3 is 0 Å². The van der Waals surface area contributed by atoms with Crippen LogP contribution in [-0.2, 0) is 0 Å². The quantitative estimate of drug-likeness (QED) is 0.814. The molecule has 1 aliphatic rings. The smallest absolute Gasteiger partial charge is 0.0717 e. The summed E-state index contributed by atoms with van der Waals surface area (Å²) in [6.45, 7) is 2.27. The van der Waals surface area contributed by atoms with E-state index in [4.69, 9.17) is 5.73 Å². The van der Waals surface area contributed by atoms with Crippen LogP contribution in [0.25, 0.3) is 0 Å². The summed E-state index contributed by atoms with van der Waals surface area (Å²) in [5, 5.41) is 4.33. The number of rotatable bonds is 1. The van der Waals surface area contributed by atoms with E-state index in [1.807, 2.05) is 23.1 Å². The summed E-state index contributed by atoms with van der Waals surface area (Å²) < 4.78 is 2.00. The summed E-state index contributed by atoms with van der Waals surface area (Å²) in [5.74, 6) is 0.542. The van der Waals surface area contributed by atoms with Crippen molar-refractivity contribution in [3.05, 3.63) is 53.9 Å². The molecule has 0 saturated heterocycles. The van der Waals surface area contributed by atoms with Gasteiger partial charge in [-0.1, -0.05) is 31.2 Å². The van der Waals surface area contributed by atoms with Crippen molar-refractivity contribution in [3.63, 3.8) is 0 Å². The predicted octanol–water partition coefficient (Wildman–Crippen LogP) is 2.63. The number of nitrogens with two attached hydrogens (primary N) is 1. The van der Waals surface area contributed by atoms with E-state index >= 15 is 0 Å². The third-order valence-corrected chi connectivity index (χ3v) is 3.76. The number of benzene rings is 1. The van der Waals surface area contributed by atoms with Crippen molar-refractivity contribution in [2.75, 3.05) is 0 Å². The minimum atomic E-state index is 0.0438. The largest absolute Gasteiger partial charge is 0.322 e. The monoisotopic (exact) mass is 227 g/mol. The third kappa shape index (κ3) is 1.67. The second-order valence-electron chi connectivity index (χ2n) is 4.84. The Morgan fingerprint density at radius 2 is 2.00 bits per heavy atom. The van der Waals surface area contributed by atoms with Gasteiger partial charge in [0, 0.05) is 12.4 Å². The van der Waals surface area contributed by atoms with Gasteiger partial charge in [0.15, 0.2) is 0 Å². The van der Waals surface area contributed by atoms with E-state index in [0.29, 0.717) is 5.92 Å². The molecule has 0 saturated carbocycles. The fourth-order valence-electron chi connectivity index (χ4n) is 2.86. The molecule has 3 heteroatoms. The van der Waals surface area contributed by atoms with Gasteiger partial charge in [0.1, 0.15) is 0 Å². The molecule has 0 fully saturated rings. The first kappa shape index (κ1) is 10.5. The van der Waals surface area contributed by atoms with Crippen LogP contribution in [-0.4, -0.2) is 9.78 Å². The highest BCUT2D eigenvalue weighted by Gasteiger charge is 2.31. The SMILES string of the molecule is CC1CC(n2cccn2)C(N)c2ccccc21. The van der Waals surface area contributed by atoms with Crippen molar-refractivity contribution in [2.24, 2.45) is 5.73 Å². The molecule has 0 radical (unpaired) electrons. The molecule has 3 unspecified atom stereocenters. The Labute approximate surface area is 101 Å². The summed E-state index contributed by atoms with van der Waals surface area (Å²) in [6.07, 6.45) is 4.88. The van der Waals surface area contributed by atoms with E-state index in [1.54, 1.807) is 0 Å². The second kappa shape index (κ2) is 4.00. The van der Waals surface area contributed by atoms with E-state index < -0.39 is 0 Å². The Bertz CT molecular complexity index is 504. The maximum atomic E-state index is 6.38. The van der Waals surface area contributed by atoms with Gasteiger partial charge in [-0.2, -0.15) is 5.10 Å². The zero-order valence-corrected chi connectivity index (χ0v) is 9.95. The van der Waals surface area contributed by atoms with Gasteiger partial charge in [-0.15, -0.1) is 0 Å². The minimum absolute atomic E-state index is 0.0438. The van der Waals surface area contributed by atoms with E-state index in [1.165, 1.54) is 11.1 Å². The first-order valence-corrected chi connectivity index (χ1v) is 6.11. The molecule has 2 aromatic rings. The summed E-state index contributed by atoms with van der Waals surface area (Å²) in [7, 11) is 0. The lowest BCUT2D eigenvalue weighted by molar-refractivity contribution is 0.319. The first-order chi connectivity index (χ1) is 8.27. The second-order valence-corrected chi connectivity index (χ2v) is 4.84. The minimum Gasteiger partial charge on any atom is -0.322 e. The van der Waals surface area contributed by atoms with Crippen molar-refractivity contribution in [2.45, 2.75) is 31.3 Å². The fraction of sp³-hybridized carbons (Fsp3) is 0.357. The van der Waals surface area contributed by atoms with Crippen LogP contribution in [0.5, 0.6) is 0 Å². The van der Waals surface area contributed by atoms with Gasteiger partial charge in [0.2, 0.25) is 0 Å². The zero-order valence-electron chi connectivity index (χ0n) is 9.95. The van der Waals surface area contributed by atoms with Crippen LogP contribution in [0.1, 0.15) is 42.5 Å². The lowest BCUT2D eigenvalue weighted by atomic mass is 9.78. The van der Waals surface area contributed by atoms with Crippen LogP contribution in [0.3, 0.4) is 0 Å². The molecule has 2 N–H and O–H groups in total. The molecule has 3 nitrogen and oxygen atoms in total. The third-order valence-electron chi connectivity index (χ3n) is 3.76. The van der Waals surface area contributed by atoms with Crippen molar-refractivity contribution >= 4 is 0 Å². The molecule has 3 atom stereocenters. The van der Waals surface area contributed by atoms with Gasteiger partial charge in [-0.25, -0.2) is 0 Å². The lowest BCUT2D eigenvalue weighted by Gasteiger charge is -2.34. The van der Waals surface area contributed by atoms with Crippen LogP contribution in [0.2, 0.25) is 0 Å². The molecule has 1 aromatic heterocycles. The average Bonchev–Trinajstić information content (AvgIpc) is 2.87. The standard InChI is InChI=1S/C14H17N3/c1-10-9-13(17-8-4-7-16-17)14(15)12-6-3-2-5-11(10)12/h2-8,10,13-14H,9,15H2,1H3. The molecule has 1 aromatic carbocycles. The van der Waals surface area contributed by atoms with Crippen LogP contribution >= 0.6 is 0 Å². The first-order valence-electron chi connectivity index (χ1n) is 6.11. The predicted molar refractivity (Wildman–Crippen MR) is 67.7 cm³/mol. The summed E-state index contributed by atoms with van der Waals surface area (Å²) >= 11 is 0. The van der Waals surface area contributed by atoms with Gasteiger partial charge in [0.05, 0.1) is 12.1 Å². The summed E-state index contributed by atoms with van der Waals surface area (Å²) in [4.78, 5) is 0. The maximum Gasteiger partial charge on any atom is 0.0717 e. The fourth-order valence-corrected chi connectivity index (χ4v) is 2.86. The van der Waals surface area contributed by atoms with Crippen molar-refractivity contribution in [3.8, 4) is 0 Å². The lowest BCUT2D eigenvalue weighted by Crippen LogP contribution is -2.31. The molecule has 3 rings (SSSR count). The zero-order chi connectivity index (χ0) is 11.8. The number of nitrogens with zero attached hydrogens (tertiary/aromatic N) is 2. The van der Waals surface area contributed by atoms with E-state index in [-0.39, 0.29) is 12.1 Å². The summed E-state index contributed by atoms with van der Waals surface area (Å²) in [6, 6.07) is 10.8. The Morgan fingerprint density at radius 1 is 1.24 bits per heavy atom. The van der Waals surface area contributed by atoms with Crippen LogP contribution in [0.4, 0.5) is 0 Å². The molecule has 0 amide bonds. The Balaban J connectivity index is 2.03. The molecule has 0 bridgehead atoms. The van der Waals surface area contributed by atoms with Crippen LogP contribution in [0.15, 0.2) is 42.7 Å². The molecule has 88 valence electrons. The van der Waals surface area contributed by atoms with Crippen LogP contribution in [0, 0.1) is 0 Å². The number of hydrogen-bond acceptors (Lipinski definition) is 2. The van der Waals surface area contributed by atoms with Gasteiger partial charge in [-0.3, -0.25) is 4.68 Å². The molecular weight excluding hydrogens is 210 g/mol. The van der Waals surface area contributed by atoms with E-state index in [9.17, 15) is 0 Å². The van der Waals surface area contributed by atoms with E-state index in [0.717, 1.165) is 6.42 Å². The Kier molecular flexibility index (Phi) is 2.48. The number of hydrogen-bond donors (Lipinski definition) is 1. The Morgan fingerprint density at radius 3 is 2.71 bits per heavy atom. The number of fused-ring (bicyclic) bond motifs is 1. The van der Waals surface area contributed by atoms with Crippen molar-refractivity contribution in [1.29, 1.82) is 0 Å². The molecule has 1 heterocycles. The number of aromatic nitrogens is 2. The van der Waals surface area contributed by atoms with Crippen molar-refractivity contribution < 1.29 is 0 Å². The topological polar surface area (TPSA) is 43.8 Å². The Hall–Kier alpha value is -1.61. The highest BCUT2D eigenvalue weighted by atomic mass is 15.3. The molecule has 17 heavy (non-hydrogen) atoms. The molecule has 0 spiro atoms. The van der Waals surface area contributed by atoms with Gasteiger partial charge in [0.25, 0.3) is 0 Å². The highest BCUT2D eigenvalue weighted by molar-refractivity contribution is 5.36. The van der Waals surface area contributed by atoms with E-state index in [2.05, 4.69) is 36.3 Å². The average molecular weight is 227 g/mol. The van der Waals surface area contributed by atoms with Gasteiger partial charge < -0.3 is 5.73 Å². The summed E-state index contributed by atoms with van der Waals surface area (Å²) in [5.41, 5.74) is 9.05. The van der Waals surface area contributed by atoms with Gasteiger partial charge in [-0.05, 0) is 29.5 Å². The molecule has 1 aliphatic carbocycles. The highest BCUT2D eigenvalue weighted by Crippen LogP contribution is 2.41. The normalized spacial score (nSPS) is 27.8.